The fourth-order valence-electron chi connectivity index (χ4n) is 0.672. The second kappa shape index (κ2) is 5.09. The van der Waals surface area contributed by atoms with Gasteiger partial charge in [0.1, 0.15) is 0 Å². The van der Waals surface area contributed by atoms with E-state index >= 15 is 0 Å². The first kappa shape index (κ1) is 10.4. The normalized spacial score (nSPS) is 15.6. The molecule has 66 valence electrons. The summed E-state index contributed by atoms with van der Waals surface area (Å²) in [5.74, 6) is -0.110. The number of nitrogens with two attached hydrogens (primary N) is 1. The van der Waals surface area contributed by atoms with Crippen molar-refractivity contribution in [2.75, 3.05) is 6.61 Å². The zero-order valence-electron chi connectivity index (χ0n) is 7.00. The van der Waals surface area contributed by atoms with Crippen molar-refractivity contribution >= 4 is 5.91 Å². The molecule has 0 aliphatic carbocycles. The van der Waals surface area contributed by atoms with Crippen LogP contribution in [0, 0.1) is 0 Å². The largest absolute Gasteiger partial charge is 0.394 e. The highest BCUT2D eigenvalue weighted by molar-refractivity contribution is 5.76. The summed E-state index contributed by atoms with van der Waals surface area (Å²) in [7, 11) is 0. The summed E-state index contributed by atoms with van der Waals surface area (Å²) in [5.41, 5.74) is 5.39. The summed E-state index contributed by atoms with van der Waals surface area (Å²) >= 11 is 0. The summed E-state index contributed by atoms with van der Waals surface area (Å²) in [5, 5.41) is 11.2. The Labute approximate surface area is 66.8 Å². The van der Waals surface area contributed by atoms with Crippen LogP contribution >= 0.6 is 0 Å². The summed E-state index contributed by atoms with van der Waals surface area (Å²) in [4.78, 5) is 10.9. The molecule has 0 bridgehead atoms. The van der Waals surface area contributed by atoms with E-state index < -0.39 is 0 Å². The molecule has 0 heterocycles. The van der Waals surface area contributed by atoms with Gasteiger partial charge in [-0.05, 0) is 13.8 Å². The van der Waals surface area contributed by atoms with Crippen LogP contribution in [0.2, 0.25) is 0 Å². The third-order valence-electron chi connectivity index (χ3n) is 1.19. The van der Waals surface area contributed by atoms with Crippen molar-refractivity contribution in [2.45, 2.75) is 32.4 Å². The van der Waals surface area contributed by atoms with Crippen LogP contribution in [0.5, 0.6) is 0 Å². The lowest BCUT2D eigenvalue weighted by Crippen LogP contribution is -2.37. The first-order valence-corrected chi connectivity index (χ1v) is 3.72. The smallest absolute Gasteiger partial charge is 0.221 e. The number of aliphatic hydroxyl groups excluding tert-OH is 1. The average molecular weight is 160 g/mol. The zero-order chi connectivity index (χ0) is 8.85. The topological polar surface area (TPSA) is 75.4 Å². The number of amides is 1. The monoisotopic (exact) mass is 160 g/mol. The van der Waals surface area contributed by atoms with Crippen LogP contribution in [0.1, 0.15) is 20.3 Å². The van der Waals surface area contributed by atoms with Crippen LogP contribution < -0.4 is 11.1 Å². The molecule has 0 rings (SSSR count). The van der Waals surface area contributed by atoms with E-state index in [-0.39, 0.29) is 24.6 Å². The van der Waals surface area contributed by atoms with Gasteiger partial charge in [-0.2, -0.15) is 0 Å². The van der Waals surface area contributed by atoms with Crippen LogP contribution in [0.15, 0.2) is 0 Å². The number of aliphatic hydroxyl groups is 1. The van der Waals surface area contributed by atoms with Gasteiger partial charge in [-0.1, -0.05) is 0 Å². The van der Waals surface area contributed by atoms with Gasteiger partial charge >= 0.3 is 0 Å². The standard InChI is InChI=1S/C7H16N2O2/c1-5(8)3-7(11)9-6(2)4-10/h5-6,10H,3-4,8H2,1-2H3,(H,9,11)/t5?,6-/m0/s1. The minimum absolute atomic E-state index is 0.0370. The molecule has 1 unspecified atom stereocenters. The summed E-state index contributed by atoms with van der Waals surface area (Å²) in [6.07, 6.45) is 0.310. The van der Waals surface area contributed by atoms with E-state index in [2.05, 4.69) is 5.32 Å². The Hall–Kier alpha value is -0.610. The van der Waals surface area contributed by atoms with Crippen LogP contribution in [-0.4, -0.2) is 29.7 Å². The highest BCUT2D eigenvalue weighted by atomic mass is 16.3. The predicted molar refractivity (Wildman–Crippen MR) is 43.0 cm³/mol. The van der Waals surface area contributed by atoms with Crippen LogP contribution in [-0.2, 0) is 4.79 Å². The SMILES string of the molecule is CC(N)CC(=O)N[C@@H](C)CO. The first-order chi connectivity index (χ1) is 5.06. The maximum Gasteiger partial charge on any atom is 0.221 e. The van der Waals surface area contributed by atoms with E-state index in [1.54, 1.807) is 13.8 Å². The van der Waals surface area contributed by atoms with Gasteiger partial charge in [0.2, 0.25) is 5.91 Å². The molecule has 1 amide bonds. The average Bonchev–Trinajstić information content (AvgIpc) is 1.85. The quantitative estimate of drug-likeness (QED) is 0.505. The molecule has 0 aromatic carbocycles. The Kier molecular flexibility index (Phi) is 4.81. The molecular formula is C7H16N2O2. The Balaban J connectivity index is 3.52. The van der Waals surface area contributed by atoms with Gasteiger partial charge in [0.05, 0.1) is 6.61 Å². The van der Waals surface area contributed by atoms with Gasteiger partial charge in [-0.15, -0.1) is 0 Å². The molecule has 0 radical (unpaired) electrons. The summed E-state index contributed by atoms with van der Waals surface area (Å²) < 4.78 is 0. The van der Waals surface area contributed by atoms with E-state index in [4.69, 9.17) is 10.8 Å². The third kappa shape index (κ3) is 5.82. The predicted octanol–water partition coefficient (Wildman–Crippen LogP) is -0.779. The maximum absolute atomic E-state index is 10.9. The van der Waals surface area contributed by atoms with Gasteiger partial charge in [0.25, 0.3) is 0 Å². The Morgan fingerprint density at radius 3 is 2.55 bits per heavy atom. The van der Waals surface area contributed by atoms with Gasteiger partial charge < -0.3 is 16.2 Å². The molecule has 0 aromatic heterocycles. The lowest BCUT2D eigenvalue weighted by molar-refractivity contribution is -0.122. The fraction of sp³-hybridized carbons (Fsp3) is 0.857. The molecule has 4 nitrogen and oxygen atoms in total. The second-order valence-corrected chi connectivity index (χ2v) is 2.83. The number of hydrogen-bond acceptors (Lipinski definition) is 3. The molecule has 4 N–H and O–H groups in total. The molecule has 0 fully saturated rings. The van der Waals surface area contributed by atoms with E-state index in [9.17, 15) is 4.79 Å². The number of nitrogens with one attached hydrogen (secondary N) is 1. The van der Waals surface area contributed by atoms with Crippen LogP contribution in [0.25, 0.3) is 0 Å². The maximum atomic E-state index is 10.9. The number of hydrogen-bond donors (Lipinski definition) is 3. The van der Waals surface area contributed by atoms with Gasteiger partial charge in [0, 0.05) is 18.5 Å². The minimum Gasteiger partial charge on any atom is -0.394 e. The van der Waals surface area contributed by atoms with E-state index in [1.807, 2.05) is 0 Å². The Morgan fingerprint density at radius 2 is 2.18 bits per heavy atom. The van der Waals surface area contributed by atoms with Gasteiger partial charge in [0.15, 0.2) is 0 Å². The third-order valence-corrected chi connectivity index (χ3v) is 1.19. The molecule has 0 saturated carbocycles. The minimum atomic E-state index is -0.179. The Morgan fingerprint density at radius 1 is 1.64 bits per heavy atom. The molecule has 0 aliphatic rings. The zero-order valence-corrected chi connectivity index (χ0v) is 7.00. The number of carbonyl (C=O) groups excluding carboxylic acids is 1. The van der Waals surface area contributed by atoms with Crippen molar-refractivity contribution in [2.24, 2.45) is 5.73 Å². The molecule has 0 saturated heterocycles. The number of carbonyl (C=O) groups is 1. The van der Waals surface area contributed by atoms with Crippen LogP contribution in [0.3, 0.4) is 0 Å². The number of rotatable bonds is 4. The molecule has 2 atom stereocenters. The van der Waals surface area contributed by atoms with Gasteiger partial charge in [-0.3, -0.25) is 4.79 Å². The van der Waals surface area contributed by atoms with Crippen molar-refractivity contribution in [3.8, 4) is 0 Å². The lowest BCUT2D eigenvalue weighted by atomic mass is 10.2. The molecule has 0 spiro atoms. The Bertz CT molecular complexity index is 126. The molecule has 0 aliphatic heterocycles. The second-order valence-electron chi connectivity index (χ2n) is 2.83. The highest BCUT2D eigenvalue weighted by Gasteiger charge is 2.07. The summed E-state index contributed by atoms with van der Waals surface area (Å²) in [6.45, 7) is 3.47. The van der Waals surface area contributed by atoms with Crippen molar-refractivity contribution in [3.05, 3.63) is 0 Å². The highest BCUT2D eigenvalue weighted by Crippen LogP contribution is 1.87. The molecule has 0 aromatic rings. The molecule has 11 heavy (non-hydrogen) atoms. The van der Waals surface area contributed by atoms with Gasteiger partial charge in [-0.25, -0.2) is 0 Å². The molecular weight excluding hydrogens is 144 g/mol. The first-order valence-electron chi connectivity index (χ1n) is 3.72. The lowest BCUT2D eigenvalue weighted by Gasteiger charge is -2.11. The van der Waals surface area contributed by atoms with Crippen molar-refractivity contribution in [3.63, 3.8) is 0 Å². The van der Waals surface area contributed by atoms with E-state index in [0.29, 0.717) is 6.42 Å². The van der Waals surface area contributed by atoms with Crippen LogP contribution in [0.4, 0.5) is 0 Å². The summed E-state index contributed by atoms with van der Waals surface area (Å²) in [6, 6.07) is -0.304. The van der Waals surface area contributed by atoms with Crippen molar-refractivity contribution < 1.29 is 9.90 Å². The van der Waals surface area contributed by atoms with Crippen molar-refractivity contribution in [1.82, 2.24) is 5.32 Å². The molecule has 4 heteroatoms. The fourth-order valence-corrected chi connectivity index (χ4v) is 0.672. The van der Waals surface area contributed by atoms with Crippen molar-refractivity contribution in [1.29, 1.82) is 0 Å². The van der Waals surface area contributed by atoms with E-state index in [1.165, 1.54) is 0 Å². The van der Waals surface area contributed by atoms with E-state index in [0.717, 1.165) is 0 Å².